The zero-order chi connectivity index (χ0) is 21.8. The number of likely N-dealkylation sites (tertiary alicyclic amines) is 1. The maximum Gasteiger partial charge on any atom is 0.407 e. The van der Waals surface area contributed by atoms with Crippen LogP contribution in [-0.4, -0.2) is 62.9 Å². The van der Waals surface area contributed by atoms with Crippen molar-refractivity contribution >= 4 is 36.0 Å². The summed E-state index contributed by atoms with van der Waals surface area (Å²) in [5.74, 6) is 1.84. The van der Waals surface area contributed by atoms with Crippen molar-refractivity contribution in [2.75, 3.05) is 39.9 Å². The van der Waals surface area contributed by atoms with Gasteiger partial charge in [-0.05, 0) is 31.2 Å². The summed E-state index contributed by atoms with van der Waals surface area (Å²) in [4.78, 5) is 18.6. The first-order chi connectivity index (χ1) is 14.5. The largest absolute Gasteiger partial charge is 0.450 e. The molecule has 8 heteroatoms. The number of nitrogens with zero attached hydrogens (tertiary/aromatic N) is 2. The smallest absolute Gasteiger partial charge is 0.407 e. The van der Waals surface area contributed by atoms with Gasteiger partial charge >= 0.3 is 6.09 Å². The molecule has 2 rings (SSSR count). The predicted molar refractivity (Wildman–Crippen MR) is 136 cm³/mol. The molecule has 1 amide bonds. The van der Waals surface area contributed by atoms with Gasteiger partial charge in [0.2, 0.25) is 0 Å². The quantitative estimate of drug-likeness (QED) is 0.265. The number of alkyl carbamates (subject to hydrolysis) is 1. The summed E-state index contributed by atoms with van der Waals surface area (Å²) < 4.78 is 11.0. The zero-order valence-corrected chi connectivity index (χ0v) is 21.6. The lowest BCUT2D eigenvalue weighted by atomic mass is 10.0. The molecule has 31 heavy (non-hydrogen) atoms. The van der Waals surface area contributed by atoms with Crippen molar-refractivity contribution in [3.05, 3.63) is 35.9 Å². The molecule has 1 aliphatic heterocycles. The summed E-state index contributed by atoms with van der Waals surface area (Å²) in [6.45, 7) is 10.4. The van der Waals surface area contributed by atoms with Gasteiger partial charge < -0.3 is 25.0 Å². The number of guanidine groups is 1. The first kappa shape index (κ1) is 27.5. The fraction of sp³-hybridized carbons (Fsp3) is 0.652. The molecule has 1 fully saturated rings. The highest BCUT2D eigenvalue weighted by Gasteiger charge is 2.25. The Kier molecular flexibility index (Phi) is 13.6. The van der Waals surface area contributed by atoms with Crippen molar-refractivity contribution < 1.29 is 14.3 Å². The van der Waals surface area contributed by atoms with Crippen molar-refractivity contribution in [3.8, 4) is 0 Å². The molecular weight excluding hydrogens is 507 g/mol. The second-order valence-electron chi connectivity index (χ2n) is 8.22. The maximum absolute atomic E-state index is 11.8. The standard InChI is InChI=1S/C23H38N4O3.HI/c1-5-30-23(28)26-21(13-18(2)3)14-25-22(24-4)27-12-11-20(15-27)17-29-16-19-9-7-6-8-10-19;/h6-10,18,20-21H,5,11-17H2,1-4H3,(H,24,25)(H,26,28);1H. The number of carbonyl (C=O) groups is 1. The lowest BCUT2D eigenvalue weighted by molar-refractivity contribution is 0.0906. The summed E-state index contributed by atoms with van der Waals surface area (Å²) in [5, 5.41) is 6.39. The Morgan fingerprint density at radius 2 is 2.03 bits per heavy atom. The third-order valence-electron chi connectivity index (χ3n) is 5.12. The SMILES string of the molecule is CCOC(=O)NC(CNC(=NC)N1CCC(COCc2ccccc2)C1)CC(C)C.I. The average molecular weight is 546 g/mol. The van der Waals surface area contributed by atoms with E-state index in [4.69, 9.17) is 9.47 Å². The highest BCUT2D eigenvalue weighted by molar-refractivity contribution is 14.0. The number of ether oxygens (including phenoxy) is 2. The van der Waals surface area contributed by atoms with Gasteiger partial charge in [0.05, 0.1) is 19.8 Å². The third-order valence-corrected chi connectivity index (χ3v) is 5.12. The Morgan fingerprint density at radius 3 is 2.68 bits per heavy atom. The molecule has 0 radical (unpaired) electrons. The Balaban J connectivity index is 0.00000480. The van der Waals surface area contributed by atoms with E-state index in [-0.39, 0.29) is 36.1 Å². The van der Waals surface area contributed by atoms with E-state index in [1.807, 2.05) is 25.1 Å². The van der Waals surface area contributed by atoms with E-state index in [0.717, 1.165) is 38.5 Å². The van der Waals surface area contributed by atoms with Gasteiger partial charge in [-0.1, -0.05) is 44.2 Å². The average Bonchev–Trinajstić information content (AvgIpc) is 3.17. The van der Waals surface area contributed by atoms with Crippen LogP contribution in [0.15, 0.2) is 35.3 Å². The summed E-state index contributed by atoms with van der Waals surface area (Å²) in [5.41, 5.74) is 1.20. The molecule has 0 saturated carbocycles. The van der Waals surface area contributed by atoms with Crippen LogP contribution in [0.1, 0.15) is 39.2 Å². The number of carbonyl (C=O) groups excluding carboxylic acids is 1. The highest BCUT2D eigenvalue weighted by atomic mass is 127. The van der Waals surface area contributed by atoms with E-state index in [0.29, 0.717) is 31.6 Å². The molecular formula is C23H39IN4O3. The molecule has 1 heterocycles. The number of hydrogen-bond donors (Lipinski definition) is 2. The van der Waals surface area contributed by atoms with Crippen LogP contribution in [0.2, 0.25) is 0 Å². The Labute approximate surface area is 204 Å². The highest BCUT2D eigenvalue weighted by Crippen LogP contribution is 2.17. The number of benzene rings is 1. The number of nitrogens with one attached hydrogen (secondary N) is 2. The number of rotatable bonds is 10. The van der Waals surface area contributed by atoms with Crippen molar-refractivity contribution in [3.63, 3.8) is 0 Å². The van der Waals surface area contributed by atoms with Gasteiger partial charge in [-0.3, -0.25) is 4.99 Å². The second kappa shape index (κ2) is 15.3. The van der Waals surface area contributed by atoms with Gasteiger partial charge in [0.15, 0.2) is 5.96 Å². The normalized spacial score (nSPS) is 17.3. The van der Waals surface area contributed by atoms with E-state index in [9.17, 15) is 4.79 Å². The van der Waals surface area contributed by atoms with Crippen LogP contribution in [0.25, 0.3) is 0 Å². The molecule has 1 aliphatic rings. The maximum atomic E-state index is 11.8. The monoisotopic (exact) mass is 546 g/mol. The summed E-state index contributed by atoms with van der Waals surface area (Å²) in [6, 6.07) is 10.3. The lowest BCUT2D eigenvalue weighted by Gasteiger charge is -2.25. The molecule has 1 aromatic rings. The lowest BCUT2D eigenvalue weighted by Crippen LogP contribution is -2.48. The summed E-state index contributed by atoms with van der Waals surface area (Å²) in [7, 11) is 1.80. The zero-order valence-electron chi connectivity index (χ0n) is 19.3. The van der Waals surface area contributed by atoms with Crippen LogP contribution in [0.3, 0.4) is 0 Å². The van der Waals surface area contributed by atoms with E-state index in [2.05, 4.69) is 46.5 Å². The van der Waals surface area contributed by atoms with Crippen LogP contribution in [0.5, 0.6) is 0 Å². The Bertz CT molecular complexity index is 657. The van der Waals surface area contributed by atoms with E-state index >= 15 is 0 Å². The van der Waals surface area contributed by atoms with E-state index in [1.54, 1.807) is 7.05 Å². The first-order valence-corrected chi connectivity index (χ1v) is 11.0. The van der Waals surface area contributed by atoms with Crippen LogP contribution in [-0.2, 0) is 16.1 Å². The van der Waals surface area contributed by atoms with Crippen molar-refractivity contribution in [1.82, 2.24) is 15.5 Å². The van der Waals surface area contributed by atoms with E-state index in [1.165, 1.54) is 5.56 Å². The molecule has 0 spiro atoms. The van der Waals surface area contributed by atoms with Gasteiger partial charge in [0, 0.05) is 38.6 Å². The molecule has 2 unspecified atom stereocenters. The van der Waals surface area contributed by atoms with Crippen molar-refractivity contribution in [2.24, 2.45) is 16.8 Å². The van der Waals surface area contributed by atoms with Crippen molar-refractivity contribution in [1.29, 1.82) is 0 Å². The fourth-order valence-electron chi connectivity index (χ4n) is 3.73. The van der Waals surface area contributed by atoms with E-state index < -0.39 is 0 Å². The minimum Gasteiger partial charge on any atom is -0.450 e. The van der Waals surface area contributed by atoms with Gasteiger partial charge in [0.25, 0.3) is 0 Å². The Morgan fingerprint density at radius 1 is 1.29 bits per heavy atom. The van der Waals surface area contributed by atoms with Gasteiger partial charge in [-0.25, -0.2) is 4.79 Å². The molecule has 0 aliphatic carbocycles. The van der Waals surface area contributed by atoms with Gasteiger partial charge in [0.1, 0.15) is 0 Å². The summed E-state index contributed by atoms with van der Waals surface area (Å²) in [6.07, 6.45) is 1.60. The van der Waals surface area contributed by atoms with Crippen LogP contribution in [0, 0.1) is 11.8 Å². The number of aliphatic imine (C=N–C) groups is 1. The summed E-state index contributed by atoms with van der Waals surface area (Å²) >= 11 is 0. The molecule has 1 aromatic carbocycles. The molecule has 176 valence electrons. The van der Waals surface area contributed by atoms with Crippen LogP contribution < -0.4 is 10.6 Å². The topological polar surface area (TPSA) is 75.2 Å². The minimum absolute atomic E-state index is 0. The predicted octanol–water partition coefficient (Wildman–Crippen LogP) is 3.88. The third kappa shape index (κ3) is 10.5. The molecule has 7 nitrogen and oxygen atoms in total. The van der Waals surface area contributed by atoms with Crippen LogP contribution >= 0.6 is 24.0 Å². The van der Waals surface area contributed by atoms with Gasteiger partial charge in [-0.15, -0.1) is 24.0 Å². The second-order valence-corrected chi connectivity index (χ2v) is 8.22. The molecule has 2 N–H and O–H groups in total. The molecule has 0 aromatic heterocycles. The Hall–Kier alpha value is -1.55. The van der Waals surface area contributed by atoms with Crippen LogP contribution in [0.4, 0.5) is 4.79 Å². The molecule has 2 atom stereocenters. The number of hydrogen-bond acceptors (Lipinski definition) is 4. The molecule has 0 bridgehead atoms. The minimum atomic E-state index is -0.364. The number of halogens is 1. The van der Waals surface area contributed by atoms with Gasteiger partial charge in [-0.2, -0.15) is 0 Å². The van der Waals surface area contributed by atoms with Crippen molar-refractivity contribution in [2.45, 2.75) is 46.3 Å². The fourth-order valence-corrected chi connectivity index (χ4v) is 3.73. The number of amides is 1. The first-order valence-electron chi connectivity index (χ1n) is 11.0. The molecule has 1 saturated heterocycles.